The van der Waals surface area contributed by atoms with E-state index in [-0.39, 0.29) is 28.9 Å². The number of hydrogen-bond acceptors (Lipinski definition) is 10. The lowest BCUT2D eigenvalue weighted by molar-refractivity contribution is -0.134. The maximum absolute atomic E-state index is 14.5. The maximum Gasteiger partial charge on any atom is 0.365 e. The Balaban J connectivity index is 1.42. The molecule has 2 aliphatic rings. The van der Waals surface area contributed by atoms with Crippen molar-refractivity contribution < 1.29 is 14.3 Å². The summed E-state index contributed by atoms with van der Waals surface area (Å²) in [5.41, 5.74) is 4.51. The van der Waals surface area contributed by atoms with Gasteiger partial charge in [-0.3, -0.25) is 9.69 Å². The monoisotopic (exact) mass is 678 g/mol. The Bertz CT molecular complexity index is 2190. The van der Waals surface area contributed by atoms with E-state index in [0.717, 1.165) is 34.7 Å². The number of aromatic nitrogens is 1. The third-order valence-electron chi connectivity index (χ3n) is 7.49. The lowest BCUT2D eigenvalue weighted by Crippen LogP contribution is -2.29. The summed E-state index contributed by atoms with van der Waals surface area (Å²) in [7, 11) is 0. The first-order valence-electron chi connectivity index (χ1n) is 15.3. The van der Waals surface area contributed by atoms with Crippen LogP contribution in [0.1, 0.15) is 12.5 Å². The Labute approximate surface area is 291 Å². The summed E-state index contributed by atoms with van der Waals surface area (Å²) in [6, 6.07) is 41.9. The van der Waals surface area contributed by atoms with Gasteiger partial charge in [0.25, 0.3) is 5.91 Å². The summed E-state index contributed by atoms with van der Waals surface area (Å²) in [6.45, 7) is 1.91. The average Bonchev–Trinajstić information content (AvgIpc) is 3.74. The number of anilines is 2. The summed E-state index contributed by atoms with van der Waals surface area (Å²) in [4.78, 5) is 39.0. The normalized spacial score (nSPS) is 16.5. The molecule has 0 atom stereocenters. The fourth-order valence-electron chi connectivity index (χ4n) is 5.25. The topological polar surface area (TPSA) is 111 Å². The molecule has 11 heteroatoms. The van der Waals surface area contributed by atoms with Crippen LogP contribution in [-0.4, -0.2) is 33.7 Å². The van der Waals surface area contributed by atoms with Crippen molar-refractivity contribution in [2.24, 2.45) is 10.1 Å². The standard InChI is InChI=1S/C38H26N6O3S2/c1-2-47-37(46)34-42-44(28-21-13-6-14-22-28)36(49-34)32-35(45)43(27-19-11-5-12-20-27)38(48-32)41-33-30(24-39)29(25-15-7-3-8-16-25)23-31(40-33)26-17-9-4-10-18-26/h3-23H,2H2,1H3. The van der Waals surface area contributed by atoms with Crippen molar-refractivity contribution in [3.63, 3.8) is 0 Å². The Morgan fingerprint density at radius 2 is 1.43 bits per heavy atom. The minimum atomic E-state index is -0.581. The molecule has 238 valence electrons. The predicted molar refractivity (Wildman–Crippen MR) is 196 cm³/mol. The number of ether oxygens (including phenoxy) is 1. The number of amides is 1. The van der Waals surface area contributed by atoms with Gasteiger partial charge in [-0.2, -0.15) is 10.4 Å². The molecule has 3 heterocycles. The molecule has 49 heavy (non-hydrogen) atoms. The van der Waals surface area contributed by atoms with Gasteiger partial charge in [0.15, 0.2) is 11.0 Å². The first-order valence-corrected chi connectivity index (χ1v) is 16.9. The fraction of sp³-hybridized carbons (Fsp3) is 0.0526. The number of carbonyl (C=O) groups excluding carboxylic acids is 2. The minimum absolute atomic E-state index is 0.106. The summed E-state index contributed by atoms with van der Waals surface area (Å²) in [5.74, 6) is -0.769. The van der Waals surface area contributed by atoms with Crippen molar-refractivity contribution in [2.75, 3.05) is 16.5 Å². The highest BCUT2D eigenvalue weighted by Gasteiger charge is 2.42. The smallest absolute Gasteiger partial charge is 0.365 e. The molecule has 9 nitrogen and oxygen atoms in total. The molecule has 1 saturated heterocycles. The van der Waals surface area contributed by atoms with Gasteiger partial charge >= 0.3 is 5.97 Å². The van der Waals surface area contributed by atoms with Gasteiger partial charge in [0.2, 0.25) is 5.04 Å². The van der Waals surface area contributed by atoms with E-state index in [9.17, 15) is 14.9 Å². The van der Waals surface area contributed by atoms with E-state index in [1.165, 1.54) is 4.90 Å². The lowest BCUT2D eigenvalue weighted by atomic mass is 9.98. The number of benzene rings is 4. The maximum atomic E-state index is 14.5. The number of pyridine rings is 1. The zero-order valence-electron chi connectivity index (χ0n) is 26.1. The number of hydrogen-bond donors (Lipinski definition) is 0. The second-order valence-corrected chi connectivity index (χ2v) is 12.5. The molecule has 4 aromatic carbocycles. The molecular weight excluding hydrogens is 653 g/mol. The van der Waals surface area contributed by atoms with Crippen molar-refractivity contribution >= 4 is 62.8 Å². The van der Waals surface area contributed by atoms with Gasteiger partial charge in [0, 0.05) is 11.1 Å². The van der Waals surface area contributed by atoms with Crippen molar-refractivity contribution in [1.29, 1.82) is 5.26 Å². The van der Waals surface area contributed by atoms with Crippen LogP contribution in [0.4, 0.5) is 17.2 Å². The van der Waals surface area contributed by atoms with Crippen LogP contribution in [0.5, 0.6) is 0 Å². The van der Waals surface area contributed by atoms with E-state index < -0.39 is 5.97 Å². The molecule has 1 amide bonds. The lowest BCUT2D eigenvalue weighted by Gasteiger charge is -2.17. The van der Waals surface area contributed by atoms with E-state index in [2.05, 4.69) is 11.2 Å². The van der Waals surface area contributed by atoms with Crippen LogP contribution in [0, 0.1) is 11.3 Å². The van der Waals surface area contributed by atoms with Crippen LogP contribution in [0.3, 0.4) is 0 Å². The van der Waals surface area contributed by atoms with Gasteiger partial charge in [-0.1, -0.05) is 97.1 Å². The predicted octanol–water partition coefficient (Wildman–Crippen LogP) is 8.35. The number of esters is 1. The summed E-state index contributed by atoms with van der Waals surface area (Å²) in [5, 5.41) is 17.5. The number of nitrogens with zero attached hydrogens (tertiary/aromatic N) is 6. The van der Waals surface area contributed by atoms with E-state index in [1.807, 2.05) is 127 Å². The Kier molecular flexibility index (Phi) is 9.06. The van der Waals surface area contributed by atoms with Crippen LogP contribution in [0.15, 0.2) is 147 Å². The van der Waals surface area contributed by atoms with Crippen LogP contribution in [0.2, 0.25) is 0 Å². The number of nitriles is 1. The summed E-state index contributed by atoms with van der Waals surface area (Å²) < 4.78 is 5.25. The molecular formula is C38H26N6O3S2. The van der Waals surface area contributed by atoms with Crippen LogP contribution in [-0.2, 0) is 14.3 Å². The highest BCUT2D eigenvalue weighted by atomic mass is 32.2. The van der Waals surface area contributed by atoms with E-state index in [0.29, 0.717) is 37.7 Å². The molecule has 0 bridgehead atoms. The third-order valence-corrected chi connectivity index (χ3v) is 9.66. The first-order chi connectivity index (χ1) is 24.1. The van der Waals surface area contributed by atoms with E-state index in [1.54, 1.807) is 11.9 Å². The number of rotatable bonds is 7. The van der Waals surface area contributed by atoms with Gasteiger partial charge in [0.1, 0.15) is 21.6 Å². The number of para-hydroxylation sites is 2. The number of aliphatic imine (C=N–C) groups is 1. The molecule has 5 aromatic rings. The van der Waals surface area contributed by atoms with Gasteiger partial charge in [-0.05, 0) is 66.3 Å². The van der Waals surface area contributed by atoms with E-state index >= 15 is 0 Å². The molecule has 2 aliphatic heterocycles. The Morgan fingerprint density at radius 3 is 2.04 bits per heavy atom. The van der Waals surface area contributed by atoms with Crippen molar-refractivity contribution in [3.8, 4) is 28.5 Å². The van der Waals surface area contributed by atoms with Crippen molar-refractivity contribution in [3.05, 3.63) is 143 Å². The van der Waals surface area contributed by atoms with Crippen molar-refractivity contribution in [2.45, 2.75) is 6.92 Å². The summed E-state index contributed by atoms with van der Waals surface area (Å²) in [6.07, 6.45) is 0. The SMILES string of the molecule is CCOC(=O)C1=NN(c2ccccc2)C(=C2SC(=Nc3nc(-c4ccccc4)cc(-c4ccccc4)c3C#N)N(c3ccccc3)C2=O)S1. The second-order valence-electron chi connectivity index (χ2n) is 10.6. The first kappa shape index (κ1) is 31.6. The zero-order valence-corrected chi connectivity index (χ0v) is 27.7. The van der Waals surface area contributed by atoms with Gasteiger partial charge in [-0.25, -0.2) is 19.8 Å². The minimum Gasteiger partial charge on any atom is -0.461 e. The number of thioether (sulfide) groups is 2. The Hall–Kier alpha value is -5.96. The molecule has 7 rings (SSSR count). The molecule has 0 unspecified atom stereocenters. The third kappa shape index (κ3) is 6.35. The van der Waals surface area contributed by atoms with Crippen LogP contribution in [0.25, 0.3) is 22.4 Å². The van der Waals surface area contributed by atoms with Gasteiger partial charge in [0.05, 0.1) is 23.7 Å². The van der Waals surface area contributed by atoms with Crippen LogP contribution >= 0.6 is 23.5 Å². The molecule has 0 saturated carbocycles. The number of amidine groups is 1. The van der Waals surface area contributed by atoms with E-state index in [4.69, 9.17) is 14.7 Å². The molecule has 0 aliphatic carbocycles. The second kappa shape index (κ2) is 14.0. The fourth-order valence-corrected chi connectivity index (χ4v) is 7.31. The van der Waals surface area contributed by atoms with Crippen LogP contribution < -0.4 is 9.91 Å². The molecule has 0 N–H and O–H groups in total. The largest absolute Gasteiger partial charge is 0.461 e. The number of carbonyl (C=O) groups is 2. The highest BCUT2D eigenvalue weighted by Crippen LogP contribution is 2.46. The van der Waals surface area contributed by atoms with Gasteiger partial charge < -0.3 is 4.74 Å². The molecule has 0 radical (unpaired) electrons. The molecule has 0 spiro atoms. The highest BCUT2D eigenvalue weighted by molar-refractivity contribution is 8.22. The zero-order chi connectivity index (χ0) is 33.7. The summed E-state index contributed by atoms with van der Waals surface area (Å²) >= 11 is 2.20. The quantitative estimate of drug-likeness (QED) is 0.125. The molecule has 1 aromatic heterocycles. The van der Waals surface area contributed by atoms with Crippen molar-refractivity contribution in [1.82, 2.24) is 4.98 Å². The van der Waals surface area contributed by atoms with Gasteiger partial charge in [-0.15, -0.1) is 0 Å². The number of hydrazone groups is 1. The Morgan fingerprint density at radius 1 is 0.837 bits per heavy atom. The molecule has 1 fully saturated rings. The average molecular weight is 679 g/mol.